The number of Topliss-reactive ketones (excluding diaryl/α,β-unsaturated/α-hetero) is 1. The second-order valence-electron chi connectivity index (χ2n) is 7.63. The molecule has 0 bridgehead atoms. The molecule has 1 N–H and O–H groups in total. The van der Waals surface area contributed by atoms with Crippen LogP contribution in [-0.2, 0) is 14.3 Å². The number of nitrogens with zero attached hydrogens (tertiary/aromatic N) is 2. The van der Waals surface area contributed by atoms with E-state index in [9.17, 15) is 14.7 Å². The van der Waals surface area contributed by atoms with Crippen molar-refractivity contribution in [2.45, 2.75) is 39.3 Å². The summed E-state index contributed by atoms with van der Waals surface area (Å²) in [5, 5.41) is 11.4. The molecule has 32 heavy (non-hydrogen) atoms. The SMILES string of the molecule is CCOc1ccc(Cl)c(/C(O)=C2\C(=O)C(=O)N(CCCOC(C)C)C2c2cccnc2)c1. The molecule has 2 heterocycles. The zero-order valence-corrected chi connectivity index (χ0v) is 19.1. The molecule has 7 nitrogen and oxygen atoms in total. The molecule has 1 aromatic heterocycles. The molecule has 8 heteroatoms. The summed E-state index contributed by atoms with van der Waals surface area (Å²) in [5.41, 5.74) is 0.825. The van der Waals surface area contributed by atoms with Crippen molar-refractivity contribution in [3.63, 3.8) is 0 Å². The third kappa shape index (κ3) is 5.11. The first kappa shape index (κ1) is 23.8. The molecule has 0 aliphatic carbocycles. The van der Waals surface area contributed by atoms with E-state index in [4.69, 9.17) is 21.1 Å². The predicted molar refractivity (Wildman–Crippen MR) is 122 cm³/mol. The number of carbonyl (C=O) groups excluding carboxylic acids is 2. The molecule has 1 atom stereocenters. The summed E-state index contributed by atoms with van der Waals surface area (Å²) in [6, 6.07) is 7.53. The van der Waals surface area contributed by atoms with Gasteiger partial charge in [-0.3, -0.25) is 14.6 Å². The van der Waals surface area contributed by atoms with Gasteiger partial charge in [-0.15, -0.1) is 0 Å². The highest BCUT2D eigenvalue weighted by molar-refractivity contribution is 6.47. The number of aromatic nitrogens is 1. The minimum Gasteiger partial charge on any atom is -0.507 e. The first-order valence-corrected chi connectivity index (χ1v) is 11.0. The van der Waals surface area contributed by atoms with Crippen molar-refractivity contribution in [2.24, 2.45) is 0 Å². The molecule has 2 aromatic rings. The van der Waals surface area contributed by atoms with Crippen molar-refractivity contribution in [3.8, 4) is 5.75 Å². The number of rotatable bonds is 9. The number of hydrogen-bond acceptors (Lipinski definition) is 6. The topological polar surface area (TPSA) is 89.0 Å². The molecule has 170 valence electrons. The second-order valence-corrected chi connectivity index (χ2v) is 8.03. The Morgan fingerprint density at radius 2 is 2.06 bits per heavy atom. The van der Waals surface area contributed by atoms with Gasteiger partial charge in [-0.05, 0) is 57.0 Å². The Labute approximate surface area is 192 Å². The fourth-order valence-corrected chi connectivity index (χ4v) is 3.84. The first-order chi connectivity index (χ1) is 15.3. The van der Waals surface area contributed by atoms with Gasteiger partial charge >= 0.3 is 0 Å². The van der Waals surface area contributed by atoms with Gasteiger partial charge in [0.25, 0.3) is 11.7 Å². The maximum Gasteiger partial charge on any atom is 0.295 e. The van der Waals surface area contributed by atoms with E-state index in [1.165, 1.54) is 4.90 Å². The quantitative estimate of drug-likeness (QED) is 0.260. The smallest absolute Gasteiger partial charge is 0.295 e. The summed E-state index contributed by atoms with van der Waals surface area (Å²) in [7, 11) is 0. The summed E-state index contributed by atoms with van der Waals surface area (Å²) in [6.07, 6.45) is 3.80. The molecular formula is C24H27ClN2O5. The highest BCUT2D eigenvalue weighted by Crippen LogP contribution is 2.40. The van der Waals surface area contributed by atoms with Crippen LogP contribution in [-0.4, -0.2) is 52.5 Å². The van der Waals surface area contributed by atoms with Crippen molar-refractivity contribution >= 4 is 29.1 Å². The number of benzene rings is 1. The van der Waals surface area contributed by atoms with E-state index >= 15 is 0 Å². The van der Waals surface area contributed by atoms with Crippen LogP contribution in [0.1, 0.15) is 44.4 Å². The number of ether oxygens (including phenoxy) is 2. The van der Waals surface area contributed by atoms with Gasteiger partial charge in [0.15, 0.2) is 0 Å². The molecule has 1 fully saturated rings. The number of hydrogen-bond donors (Lipinski definition) is 1. The fraction of sp³-hybridized carbons (Fsp3) is 0.375. The van der Waals surface area contributed by atoms with Crippen LogP contribution in [0.4, 0.5) is 0 Å². The lowest BCUT2D eigenvalue weighted by molar-refractivity contribution is -0.140. The van der Waals surface area contributed by atoms with Crippen LogP contribution in [0.3, 0.4) is 0 Å². The molecule has 1 amide bonds. The van der Waals surface area contributed by atoms with Gasteiger partial charge in [0.2, 0.25) is 0 Å². The Bertz CT molecular complexity index is 1010. The number of likely N-dealkylation sites (tertiary alicyclic amines) is 1. The zero-order valence-electron chi connectivity index (χ0n) is 18.4. The largest absolute Gasteiger partial charge is 0.507 e. The van der Waals surface area contributed by atoms with Crippen LogP contribution >= 0.6 is 11.6 Å². The molecule has 0 saturated carbocycles. The number of ketones is 1. The first-order valence-electron chi connectivity index (χ1n) is 10.6. The van der Waals surface area contributed by atoms with E-state index < -0.39 is 17.7 Å². The predicted octanol–water partition coefficient (Wildman–Crippen LogP) is 4.37. The minimum atomic E-state index is -0.783. The molecule has 3 rings (SSSR count). The Kier molecular flexibility index (Phi) is 7.88. The lowest BCUT2D eigenvalue weighted by atomic mass is 9.96. The lowest BCUT2D eigenvalue weighted by Gasteiger charge is -2.25. The summed E-state index contributed by atoms with van der Waals surface area (Å²) < 4.78 is 11.1. The van der Waals surface area contributed by atoms with E-state index in [2.05, 4.69) is 4.98 Å². The van der Waals surface area contributed by atoms with Gasteiger partial charge in [0.1, 0.15) is 11.5 Å². The van der Waals surface area contributed by atoms with E-state index in [1.54, 1.807) is 42.7 Å². The Balaban J connectivity index is 2.05. The summed E-state index contributed by atoms with van der Waals surface area (Å²) in [4.78, 5) is 31.6. The number of aliphatic hydroxyl groups excluding tert-OH is 1. The van der Waals surface area contributed by atoms with Gasteiger partial charge in [-0.25, -0.2) is 0 Å². The third-order valence-electron chi connectivity index (χ3n) is 5.04. The van der Waals surface area contributed by atoms with Crippen molar-refractivity contribution in [2.75, 3.05) is 19.8 Å². The highest BCUT2D eigenvalue weighted by Gasteiger charge is 2.46. The van der Waals surface area contributed by atoms with E-state index in [0.717, 1.165) is 0 Å². The van der Waals surface area contributed by atoms with E-state index in [0.29, 0.717) is 37.5 Å². The number of halogens is 1. The minimum absolute atomic E-state index is 0.0247. The molecular weight excluding hydrogens is 432 g/mol. The zero-order chi connectivity index (χ0) is 23.3. The van der Waals surface area contributed by atoms with Gasteiger partial charge in [-0.1, -0.05) is 17.7 Å². The van der Waals surface area contributed by atoms with Gasteiger partial charge in [0.05, 0.1) is 29.3 Å². The van der Waals surface area contributed by atoms with Crippen molar-refractivity contribution in [3.05, 3.63) is 64.4 Å². The summed E-state index contributed by atoms with van der Waals surface area (Å²) in [6.45, 7) is 6.87. The average Bonchev–Trinajstić information content (AvgIpc) is 3.03. The van der Waals surface area contributed by atoms with Crippen LogP contribution in [0.25, 0.3) is 5.76 Å². The Hall–Kier alpha value is -2.90. The number of aliphatic hydroxyl groups is 1. The third-order valence-corrected chi connectivity index (χ3v) is 5.37. The van der Waals surface area contributed by atoms with Crippen molar-refractivity contribution < 1.29 is 24.2 Å². The molecule has 1 aromatic carbocycles. The van der Waals surface area contributed by atoms with Crippen molar-refractivity contribution in [1.29, 1.82) is 0 Å². The van der Waals surface area contributed by atoms with Crippen LogP contribution in [0.2, 0.25) is 5.02 Å². The van der Waals surface area contributed by atoms with Crippen molar-refractivity contribution in [1.82, 2.24) is 9.88 Å². The molecule has 0 spiro atoms. The van der Waals surface area contributed by atoms with Gasteiger partial charge < -0.3 is 19.5 Å². The monoisotopic (exact) mass is 458 g/mol. The number of pyridine rings is 1. The molecule has 1 aliphatic heterocycles. The van der Waals surface area contributed by atoms with Gasteiger partial charge in [-0.2, -0.15) is 0 Å². The number of carbonyl (C=O) groups is 2. The van der Waals surface area contributed by atoms with E-state index in [-0.39, 0.29) is 28.0 Å². The highest BCUT2D eigenvalue weighted by atomic mass is 35.5. The number of amides is 1. The lowest BCUT2D eigenvalue weighted by Crippen LogP contribution is -2.31. The van der Waals surface area contributed by atoms with Crippen LogP contribution < -0.4 is 4.74 Å². The molecule has 1 aliphatic rings. The molecule has 1 unspecified atom stereocenters. The maximum absolute atomic E-state index is 13.0. The Morgan fingerprint density at radius 3 is 2.72 bits per heavy atom. The summed E-state index contributed by atoms with van der Waals surface area (Å²) >= 11 is 6.33. The maximum atomic E-state index is 13.0. The average molecular weight is 459 g/mol. The van der Waals surface area contributed by atoms with Crippen LogP contribution in [0.15, 0.2) is 48.3 Å². The van der Waals surface area contributed by atoms with Crippen LogP contribution in [0.5, 0.6) is 5.75 Å². The standard InChI is InChI=1S/C24H27ClN2O5/c1-4-31-17-8-9-19(25)18(13-17)22(28)20-21(16-7-5-10-26-14-16)27(24(30)23(20)29)11-6-12-32-15(2)3/h5,7-10,13-15,21,28H,4,6,11-12H2,1-3H3/b22-20+. The van der Waals surface area contributed by atoms with Crippen LogP contribution in [0, 0.1) is 0 Å². The molecule has 1 saturated heterocycles. The van der Waals surface area contributed by atoms with Gasteiger partial charge in [0, 0.05) is 31.1 Å². The normalized spacial score (nSPS) is 17.9. The van der Waals surface area contributed by atoms with E-state index in [1.807, 2.05) is 20.8 Å². The Morgan fingerprint density at radius 1 is 1.28 bits per heavy atom. The molecule has 0 radical (unpaired) electrons. The summed E-state index contributed by atoms with van der Waals surface area (Å²) in [5.74, 6) is -1.29. The second kappa shape index (κ2) is 10.6. The fourth-order valence-electron chi connectivity index (χ4n) is 3.64.